The van der Waals surface area contributed by atoms with Gasteiger partial charge in [0.25, 0.3) is 11.5 Å². The van der Waals surface area contributed by atoms with Gasteiger partial charge >= 0.3 is 0 Å². The number of hydrogen-bond acceptors (Lipinski definition) is 6. The summed E-state index contributed by atoms with van der Waals surface area (Å²) < 4.78 is 1.29. The number of anilines is 1. The van der Waals surface area contributed by atoms with E-state index >= 15 is 0 Å². The van der Waals surface area contributed by atoms with Crippen molar-refractivity contribution >= 4 is 27.3 Å². The fraction of sp³-hybridized carbons (Fsp3) is 0.684. The Labute approximate surface area is 162 Å². The average Bonchev–Trinajstić information content (AvgIpc) is 2.94. The van der Waals surface area contributed by atoms with Crippen LogP contribution in [-0.2, 0) is 0 Å². The monoisotopic (exact) mass is 389 g/mol. The highest BCUT2D eigenvalue weighted by molar-refractivity contribution is 7.20. The van der Waals surface area contributed by atoms with Gasteiger partial charge in [0.1, 0.15) is 5.56 Å². The van der Waals surface area contributed by atoms with Crippen LogP contribution in [0.15, 0.2) is 11.0 Å². The van der Waals surface area contributed by atoms with E-state index in [1.807, 2.05) is 0 Å². The highest BCUT2D eigenvalue weighted by atomic mass is 32.1. The zero-order chi connectivity index (χ0) is 18.8. The summed E-state index contributed by atoms with van der Waals surface area (Å²) in [7, 11) is 0. The molecule has 3 heterocycles. The number of amides is 1. The Morgan fingerprint density at radius 2 is 1.96 bits per heavy atom. The molecule has 2 fully saturated rings. The lowest BCUT2D eigenvalue weighted by molar-refractivity contribution is 0.0931. The van der Waals surface area contributed by atoms with E-state index < -0.39 is 0 Å². The highest BCUT2D eigenvalue weighted by Gasteiger charge is 2.23. The number of rotatable bonds is 3. The Morgan fingerprint density at radius 3 is 2.70 bits per heavy atom. The van der Waals surface area contributed by atoms with Gasteiger partial charge in [-0.05, 0) is 31.6 Å². The third-order valence-corrected chi connectivity index (χ3v) is 6.62. The van der Waals surface area contributed by atoms with Crippen molar-refractivity contribution < 1.29 is 4.79 Å². The number of piperidine rings is 1. The van der Waals surface area contributed by atoms with E-state index in [0.717, 1.165) is 50.3 Å². The zero-order valence-electron chi connectivity index (χ0n) is 15.8. The Morgan fingerprint density at radius 1 is 1.19 bits per heavy atom. The molecule has 0 bridgehead atoms. The largest absolute Gasteiger partial charge is 0.349 e. The second-order valence-corrected chi connectivity index (χ2v) is 8.85. The molecule has 7 nitrogen and oxygen atoms in total. The van der Waals surface area contributed by atoms with Gasteiger partial charge in [-0.2, -0.15) is 4.52 Å². The predicted molar refractivity (Wildman–Crippen MR) is 107 cm³/mol. The molecule has 2 aromatic rings. The van der Waals surface area contributed by atoms with Crippen LogP contribution >= 0.6 is 11.3 Å². The number of nitrogens with zero attached hydrogens (tertiary/aromatic N) is 4. The van der Waals surface area contributed by atoms with Crippen LogP contribution in [-0.4, -0.2) is 39.6 Å². The van der Waals surface area contributed by atoms with E-state index in [2.05, 4.69) is 27.2 Å². The van der Waals surface area contributed by atoms with Gasteiger partial charge in [-0.3, -0.25) is 9.59 Å². The molecule has 1 aliphatic heterocycles. The lowest BCUT2D eigenvalue weighted by Gasteiger charge is -2.30. The van der Waals surface area contributed by atoms with Crippen LogP contribution in [0.1, 0.15) is 68.6 Å². The van der Waals surface area contributed by atoms with Crippen LogP contribution in [0.4, 0.5) is 5.13 Å². The van der Waals surface area contributed by atoms with E-state index in [4.69, 9.17) is 0 Å². The van der Waals surface area contributed by atoms with E-state index in [1.54, 1.807) is 0 Å². The van der Waals surface area contributed by atoms with Crippen LogP contribution in [0.3, 0.4) is 0 Å². The molecule has 2 aliphatic rings. The highest BCUT2D eigenvalue weighted by Crippen LogP contribution is 2.26. The zero-order valence-corrected chi connectivity index (χ0v) is 16.6. The standard InChI is InChI=1S/C19H27N5O2S/c1-13-7-6-10-23(12-13)19-22-24-17(26)15(11-20-18(24)27-19)16(25)21-14-8-4-2-3-5-9-14/h11,13-14H,2-10,12H2,1H3,(H,21,25). The van der Waals surface area contributed by atoms with Crippen molar-refractivity contribution in [1.82, 2.24) is 19.9 Å². The third kappa shape index (κ3) is 4.00. The van der Waals surface area contributed by atoms with Gasteiger partial charge in [0, 0.05) is 25.3 Å². The first-order valence-corrected chi connectivity index (χ1v) is 10.9. The van der Waals surface area contributed by atoms with Crippen molar-refractivity contribution in [2.75, 3.05) is 18.0 Å². The number of aromatic nitrogens is 3. The molecule has 1 amide bonds. The van der Waals surface area contributed by atoms with Crippen LogP contribution in [0.2, 0.25) is 0 Å². The Balaban J connectivity index is 1.56. The van der Waals surface area contributed by atoms with Gasteiger partial charge in [0.15, 0.2) is 0 Å². The number of carbonyl (C=O) groups is 1. The number of hydrogen-bond donors (Lipinski definition) is 1. The number of carbonyl (C=O) groups excluding carboxylic acids is 1. The molecule has 1 aliphatic carbocycles. The summed E-state index contributed by atoms with van der Waals surface area (Å²) in [5, 5.41) is 8.32. The van der Waals surface area contributed by atoms with Crippen LogP contribution in [0.5, 0.6) is 0 Å². The summed E-state index contributed by atoms with van der Waals surface area (Å²) >= 11 is 1.41. The minimum absolute atomic E-state index is 0.0839. The Hall–Kier alpha value is -1.96. The molecule has 4 rings (SSSR count). The second kappa shape index (κ2) is 7.96. The maximum absolute atomic E-state index is 12.8. The molecule has 1 saturated carbocycles. The molecule has 0 radical (unpaired) electrons. The number of nitrogens with one attached hydrogen (secondary N) is 1. The molecular formula is C19H27N5O2S. The van der Waals surface area contributed by atoms with Crippen LogP contribution in [0.25, 0.3) is 4.96 Å². The van der Waals surface area contributed by atoms with Gasteiger partial charge in [-0.15, -0.1) is 5.10 Å². The molecule has 0 aromatic carbocycles. The minimum atomic E-state index is -0.376. The van der Waals surface area contributed by atoms with Crippen molar-refractivity contribution in [2.24, 2.45) is 5.92 Å². The van der Waals surface area contributed by atoms with Crippen LogP contribution in [0, 0.1) is 5.92 Å². The minimum Gasteiger partial charge on any atom is -0.349 e. The molecule has 1 N–H and O–H groups in total. The summed E-state index contributed by atoms with van der Waals surface area (Å²) in [5.41, 5.74) is -0.292. The van der Waals surface area contributed by atoms with E-state index in [9.17, 15) is 9.59 Å². The maximum Gasteiger partial charge on any atom is 0.288 e. The summed E-state index contributed by atoms with van der Waals surface area (Å²) in [6.07, 6.45) is 10.4. The Bertz CT molecular complexity index is 869. The molecule has 146 valence electrons. The smallest absolute Gasteiger partial charge is 0.288 e. The summed E-state index contributed by atoms with van der Waals surface area (Å²) in [6.45, 7) is 4.14. The molecule has 27 heavy (non-hydrogen) atoms. The molecule has 1 unspecified atom stereocenters. The molecule has 1 saturated heterocycles. The summed E-state index contributed by atoms with van der Waals surface area (Å²) in [5.74, 6) is 0.298. The van der Waals surface area contributed by atoms with Gasteiger partial charge in [0.2, 0.25) is 10.1 Å². The Kier molecular flexibility index (Phi) is 5.43. The maximum atomic E-state index is 12.8. The molecule has 0 spiro atoms. The van der Waals surface area contributed by atoms with E-state index in [-0.39, 0.29) is 23.1 Å². The normalized spacial score (nSPS) is 22.0. The van der Waals surface area contributed by atoms with Gasteiger partial charge in [0.05, 0.1) is 0 Å². The molecule has 1 atom stereocenters. The first-order chi connectivity index (χ1) is 13.1. The van der Waals surface area contributed by atoms with Gasteiger partial charge < -0.3 is 10.2 Å². The summed E-state index contributed by atoms with van der Waals surface area (Å²) in [4.78, 5) is 32.6. The van der Waals surface area contributed by atoms with Crippen molar-refractivity contribution in [2.45, 2.75) is 64.3 Å². The summed E-state index contributed by atoms with van der Waals surface area (Å²) in [6, 6.07) is 0.154. The molecular weight excluding hydrogens is 362 g/mol. The topological polar surface area (TPSA) is 79.6 Å². The van der Waals surface area contributed by atoms with E-state index in [1.165, 1.54) is 41.3 Å². The average molecular weight is 390 g/mol. The fourth-order valence-corrected chi connectivity index (χ4v) is 5.01. The second-order valence-electron chi connectivity index (χ2n) is 7.91. The van der Waals surface area contributed by atoms with Crippen molar-refractivity contribution in [1.29, 1.82) is 0 Å². The SMILES string of the molecule is CC1CCCN(c2nn3c(=O)c(C(=O)NC4CCCCCC4)cnc3s2)C1. The molecule has 2 aromatic heterocycles. The first-order valence-electron chi connectivity index (χ1n) is 10.1. The number of fused-ring (bicyclic) bond motifs is 1. The van der Waals surface area contributed by atoms with E-state index in [0.29, 0.717) is 10.9 Å². The fourth-order valence-electron chi connectivity index (χ4n) is 4.11. The predicted octanol–water partition coefficient (Wildman–Crippen LogP) is 2.84. The third-order valence-electron chi connectivity index (χ3n) is 5.64. The molecule has 8 heteroatoms. The van der Waals surface area contributed by atoms with Crippen LogP contribution < -0.4 is 15.8 Å². The van der Waals surface area contributed by atoms with Crippen molar-refractivity contribution in [3.8, 4) is 0 Å². The lowest BCUT2D eigenvalue weighted by Crippen LogP contribution is -2.38. The first kappa shape index (κ1) is 18.4. The van der Waals surface area contributed by atoms with Gasteiger partial charge in [-0.25, -0.2) is 4.98 Å². The van der Waals surface area contributed by atoms with Crippen molar-refractivity contribution in [3.05, 3.63) is 22.1 Å². The van der Waals surface area contributed by atoms with Crippen molar-refractivity contribution in [3.63, 3.8) is 0 Å². The lowest BCUT2D eigenvalue weighted by atomic mass is 10.0. The van der Waals surface area contributed by atoms with Gasteiger partial charge in [-0.1, -0.05) is 43.9 Å². The quantitative estimate of drug-likeness (QED) is 0.817.